The van der Waals surface area contributed by atoms with Crippen molar-refractivity contribution in [1.29, 1.82) is 0 Å². The SMILES string of the molecule is Cc1nc2cc(-c3ncc4ccccn34)ccc2n1C. The van der Waals surface area contributed by atoms with E-state index in [0.717, 1.165) is 33.8 Å². The van der Waals surface area contributed by atoms with Gasteiger partial charge in [0.2, 0.25) is 0 Å². The summed E-state index contributed by atoms with van der Waals surface area (Å²) in [5, 5.41) is 0. The number of benzene rings is 1. The molecule has 0 fully saturated rings. The van der Waals surface area contributed by atoms with Gasteiger partial charge in [-0.2, -0.15) is 0 Å². The van der Waals surface area contributed by atoms with E-state index in [-0.39, 0.29) is 0 Å². The highest BCUT2D eigenvalue weighted by Gasteiger charge is 2.09. The Hall–Kier alpha value is -2.62. The minimum Gasteiger partial charge on any atom is -0.331 e. The largest absolute Gasteiger partial charge is 0.331 e. The second kappa shape index (κ2) is 3.93. The number of pyridine rings is 1. The first-order valence-electron chi connectivity index (χ1n) is 6.59. The molecule has 98 valence electrons. The Bertz CT molecular complexity index is 930. The number of hydrogen-bond donors (Lipinski definition) is 0. The average molecular weight is 262 g/mol. The number of rotatable bonds is 1. The van der Waals surface area contributed by atoms with E-state index >= 15 is 0 Å². The monoisotopic (exact) mass is 262 g/mol. The molecule has 0 aliphatic heterocycles. The lowest BCUT2D eigenvalue weighted by molar-refractivity contribution is 0.886. The summed E-state index contributed by atoms with van der Waals surface area (Å²) in [7, 11) is 2.04. The molecule has 4 nitrogen and oxygen atoms in total. The van der Waals surface area contributed by atoms with Crippen molar-refractivity contribution in [3.8, 4) is 11.4 Å². The quantitative estimate of drug-likeness (QED) is 0.528. The third-order valence-corrected chi connectivity index (χ3v) is 3.80. The molecule has 0 bridgehead atoms. The molecule has 0 unspecified atom stereocenters. The van der Waals surface area contributed by atoms with Gasteiger partial charge in [-0.15, -0.1) is 0 Å². The first kappa shape index (κ1) is 11.2. The van der Waals surface area contributed by atoms with Crippen LogP contribution in [0.5, 0.6) is 0 Å². The van der Waals surface area contributed by atoms with Gasteiger partial charge in [-0.3, -0.25) is 4.40 Å². The van der Waals surface area contributed by atoms with Crippen molar-refractivity contribution in [2.45, 2.75) is 6.92 Å². The van der Waals surface area contributed by atoms with Gasteiger partial charge in [0.25, 0.3) is 0 Å². The van der Waals surface area contributed by atoms with Crippen molar-refractivity contribution in [3.05, 3.63) is 54.6 Å². The van der Waals surface area contributed by atoms with Crippen molar-refractivity contribution in [2.75, 3.05) is 0 Å². The Morgan fingerprint density at radius 1 is 1.10 bits per heavy atom. The molecule has 3 aromatic heterocycles. The Labute approximate surface area is 116 Å². The molecule has 1 aromatic carbocycles. The van der Waals surface area contributed by atoms with Crippen molar-refractivity contribution in [1.82, 2.24) is 18.9 Å². The number of aromatic nitrogens is 4. The molecular formula is C16H14N4. The van der Waals surface area contributed by atoms with Crippen LogP contribution in [-0.2, 0) is 7.05 Å². The molecule has 0 atom stereocenters. The zero-order chi connectivity index (χ0) is 13.7. The Balaban J connectivity index is 1.98. The van der Waals surface area contributed by atoms with Gasteiger partial charge in [0, 0.05) is 18.8 Å². The van der Waals surface area contributed by atoms with Gasteiger partial charge >= 0.3 is 0 Å². The Kier molecular flexibility index (Phi) is 2.21. The number of hydrogen-bond acceptors (Lipinski definition) is 2. The maximum Gasteiger partial charge on any atom is 0.144 e. The van der Waals surface area contributed by atoms with Gasteiger partial charge in [-0.25, -0.2) is 9.97 Å². The fourth-order valence-corrected chi connectivity index (χ4v) is 2.62. The van der Waals surface area contributed by atoms with E-state index in [2.05, 4.69) is 43.2 Å². The highest BCUT2D eigenvalue weighted by atomic mass is 15.1. The topological polar surface area (TPSA) is 35.1 Å². The summed E-state index contributed by atoms with van der Waals surface area (Å²) in [6.45, 7) is 2.02. The van der Waals surface area contributed by atoms with Crippen LogP contribution < -0.4 is 0 Å². The van der Waals surface area contributed by atoms with Gasteiger partial charge in [0.05, 0.1) is 22.7 Å². The molecular weight excluding hydrogens is 248 g/mol. The van der Waals surface area contributed by atoms with Crippen LogP contribution >= 0.6 is 0 Å². The van der Waals surface area contributed by atoms with E-state index in [1.165, 1.54) is 0 Å². The van der Waals surface area contributed by atoms with Crippen LogP contribution in [0.25, 0.3) is 27.9 Å². The maximum absolute atomic E-state index is 4.59. The van der Waals surface area contributed by atoms with E-state index in [9.17, 15) is 0 Å². The smallest absolute Gasteiger partial charge is 0.144 e. The Morgan fingerprint density at radius 2 is 2.00 bits per heavy atom. The van der Waals surface area contributed by atoms with E-state index in [1.54, 1.807) is 0 Å². The predicted octanol–water partition coefficient (Wildman–Crippen LogP) is 3.20. The molecule has 0 aliphatic carbocycles. The van der Waals surface area contributed by atoms with Crippen LogP contribution in [0.15, 0.2) is 48.8 Å². The summed E-state index contributed by atoms with van der Waals surface area (Å²) in [5.74, 6) is 1.97. The van der Waals surface area contributed by atoms with Crippen LogP contribution in [0.4, 0.5) is 0 Å². The normalized spacial score (nSPS) is 11.5. The van der Waals surface area contributed by atoms with Gasteiger partial charge in [0.15, 0.2) is 0 Å². The molecule has 0 aliphatic rings. The van der Waals surface area contributed by atoms with Crippen molar-refractivity contribution in [2.24, 2.45) is 7.05 Å². The second-order valence-corrected chi connectivity index (χ2v) is 5.00. The molecule has 0 N–H and O–H groups in total. The first-order valence-corrected chi connectivity index (χ1v) is 6.59. The standard InChI is InChI=1S/C16H14N4/c1-11-18-14-9-12(6-7-15(14)19(11)2)16-17-10-13-5-3-4-8-20(13)16/h3-10H,1-2H3. The first-order chi connectivity index (χ1) is 9.74. The van der Waals surface area contributed by atoms with E-state index in [4.69, 9.17) is 0 Å². The molecule has 3 heterocycles. The highest BCUT2D eigenvalue weighted by molar-refractivity contribution is 5.81. The van der Waals surface area contributed by atoms with Crippen LogP contribution in [-0.4, -0.2) is 18.9 Å². The lowest BCUT2D eigenvalue weighted by atomic mass is 10.2. The highest BCUT2D eigenvalue weighted by Crippen LogP contribution is 2.24. The molecule has 4 rings (SSSR count). The van der Waals surface area contributed by atoms with E-state index in [1.807, 2.05) is 38.5 Å². The molecule has 20 heavy (non-hydrogen) atoms. The zero-order valence-electron chi connectivity index (χ0n) is 11.4. The Morgan fingerprint density at radius 3 is 2.90 bits per heavy atom. The minimum absolute atomic E-state index is 0.950. The van der Waals surface area contributed by atoms with E-state index in [0.29, 0.717) is 0 Å². The molecule has 4 heteroatoms. The third-order valence-electron chi connectivity index (χ3n) is 3.80. The summed E-state index contributed by atoms with van der Waals surface area (Å²) < 4.78 is 4.19. The van der Waals surface area contributed by atoms with Gasteiger partial charge in [-0.1, -0.05) is 6.07 Å². The van der Waals surface area contributed by atoms with Crippen LogP contribution in [0.1, 0.15) is 5.82 Å². The summed E-state index contributed by atoms with van der Waals surface area (Å²) >= 11 is 0. The van der Waals surface area contributed by atoms with Crippen molar-refractivity contribution < 1.29 is 0 Å². The zero-order valence-corrected chi connectivity index (χ0v) is 11.4. The molecule has 0 saturated carbocycles. The van der Waals surface area contributed by atoms with Crippen molar-refractivity contribution >= 4 is 16.6 Å². The van der Waals surface area contributed by atoms with Crippen LogP contribution in [0.3, 0.4) is 0 Å². The second-order valence-electron chi connectivity index (χ2n) is 5.00. The number of aryl methyl sites for hydroxylation is 2. The number of fused-ring (bicyclic) bond motifs is 2. The van der Waals surface area contributed by atoms with Gasteiger partial charge in [0.1, 0.15) is 11.6 Å². The molecule has 0 radical (unpaired) electrons. The number of imidazole rings is 2. The number of nitrogens with zero attached hydrogens (tertiary/aromatic N) is 4. The fourth-order valence-electron chi connectivity index (χ4n) is 2.62. The fraction of sp³-hybridized carbons (Fsp3) is 0.125. The summed E-state index contributed by atoms with van der Waals surface area (Å²) in [6.07, 6.45) is 3.93. The minimum atomic E-state index is 0.950. The molecule has 0 amide bonds. The van der Waals surface area contributed by atoms with Crippen LogP contribution in [0, 0.1) is 6.92 Å². The average Bonchev–Trinajstić information content (AvgIpc) is 3.01. The van der Waals surface area contributed by atoms with E-state index < -0.39 is 0 Å². The molecule has 0 saturated heterocycles. The lowest BCUT2D eigenvalue weighted by Gasteiger charge is -2.02. The maximum atomic E-state index is 4.59. The molecule has 0 spiro atoms. The van der Waals surface area contributed by atoms with Crippen molar-refractivity contribution in [3.63, 3.8) is 0 Å². The summed E-state index contributed by atoms with van der Waals surface area (Å²) in [4.78, 5) is 9.12. The molecule has 4 aromatic rings. The lowest BCUT2D eigenvalue weighted by Crippen LogP contribution is -1.90. The predicted molar refractivity (Wildman–Crippen MR) is 79.6 cm³/mol. The van der Waals surface area contributed by atoms with Gasteiger partial charge in [-0.05, 0) is 37.3 Å². The summed E-state index contributed by atoms with van der Waals surface area (Å²) in [5.41, 5.74) is 4.34. The summed E-state index contributed by atoms with van der Waals surface area (Å²) in [6, 6.07) is 12.4. The van der Waals surface area contributed by atoms with Gasteiger partial charge < -0.3 is 4.57 Å². The third kappa shape index (κ3) is 1.48. The van der Waals surface area contributed by atoms with Crippen LogP contribution in [0.2, 0.25) is 0 Å².